The molecule has 0 saturated carbocycles. The number of halogens is 1. The lowest BCUT2D eigenvalue weighted by atomic mass is 9.90. The Kier molecular flexibility index (Phi) is 6.43. The van der Waals surface area contributed by atoms with Crippen LogP contribution in [0.15, 0.2) is 24.4 Å². The topological polar surface area (TPSA) is 59.1 Å². The summed E-state index contributed by atoms with van der Waals surface area (Å²) in [6, 6.07) is 5.47. The summed E-state index contributed by atoms with van der Waals surface area (Å²) in [5.74, 6) is 0.0309. The molecule has 0 amide bonds. The zero-order valence-electron chi connectivity index (χ0n) is 12.3. The molecule has 6 heteroatoms. The molecule has 20 heavy (non-hydrogen) atoms. The zero-order valence-corrected chi connectivity index (χ0v) is 13.8. The second-order valence-electron chi connectivity index (χ2n) is 6.10. The predicted molar refractivity (Wildman–Crippen MR) is 83.4 cm³/mol. The molecule has 0 radical (unpaired) electrons. The minimum atomic E-state index is -3.30. The average Bonchev–Trinajstić information content (AvgIpc) is 2.34. The normalized spacial score (nSPS) is 14.2. The van der Waals surface area contributed by atoms with Gasteiger partial charge in [0, 0.05) is 30.2 Å². The number of aryl methyl sites for hydroxylation is 1. The largest absolute Gasteiger partial charge is 0.261 e. The maximum Gasteiger partial charge on any atom is 0.212 e. The van der Waals surface area contributed by atoms with Crippen LogP contribution in [0.4, 0.5) is 0 Å². The summed E-state index contributed by atoms with van der Waals surface area (Å²) < 4.78 is 26.3. The fourth-order valence-electron chi connectivity index (χ4n) is 1.81. The van der Waals surface area contributed by atoms with Gasteiger partial charge in [0.15, 0.2) is 0 Å². The SMILES string of the molecule is CC(C)(C)CC(Cl)CNS(=O)(=O)CCc1ccccn1. The third kappa shape index (κ3) is 7.82. The number of hydrogen-bond acceptors (Lipinski definition) is 3. The molecule has 1 heterocycles. The highest BCUT2D eigenvalue weighted by Crippen LogP contribution is 2.23. The first-order valence-electron chi connectivity index (χ1n) is 6.69. The van der Waals surface area contributed by atoms with Gasteiger partial charge >= 0.3 is 0 Å². The molecule has 0 aromatic carbocycles. The lowest BCUT2D eigenvalue weighted by molar-refractivity contribution is 0.369. The fourth-order valence-corrected chi connectivity index (χ4v) is 3.52. The molecule has 4 nitrogen and oxygen atoms in total. The second-order valence-corrected chi connectivity index (χ2v) is 8.64. The van der Waals surface area contributed by atoms with Crippen molar-refractivity contribution < 1.29 is 8.42 Å². The van der Waals surface area contributed by atoms with Gasteiger partial charge in [-0.25, -0.2) is 13.1 Å². The molecule has 114 valence electrons. The van der Waals surface area contributed by atoms with Crippen LogP contribution in [0, 0.1) is 5.41 Å². The van der Waals surface area contributed by atoms with Crippen molar-refractivity contribution in [2.75, 3.05) is 12.3 Å². The maximum atomic E-state index is 11.9. The highest BCUT2D eigenvalue weighted by Gasteiger charge is 2.19. The summed E-state index contributed by atoms with van der Waals surface area (Å²) in [4.78, 5) is 4.11. The van der Waals surface area contributed by atoms with E-state index in [0.29, 0.717) is 6.42 Å². The highest BCUT2D eigenvalue weighted by molar-refractivity contribution is 7.89. The lowest BCUT2D eigenvalue weighted by Crippen LogP contribution is -2.33. The number of pyridine rings is 1. The summed E-state index contributed by atoms with van der Waals surface area (Å²) in [6.07, 6.45) is 2.83. The molecular weight excluding hydrogens is 296 g/mol. The Hall–Kier alpha value is -0.650. The highest BCUT2D eigenvalue weighted by atomic mass is 35.5. The Morgan fingerprint density at radius 1 is 1.35 bits per heavy atom. The van der Waals surface area contributed by atoms with Crippen LogP contribution >= 0.6 is 11.6 Å². The number of sulfonamides is 1. The van der Waals surface area contributed by atoms with Gasteiger partial charge in [0.2, 0.25) is 10.0 Å². The van der Waals surface area contributed by atoms with Crippen molar-refractivity contribution in [2.24, 2.45) is 5.41 Å². The van der Waals surface area contributed by atoms with Crippen molar-refractivity contribution in [1.29, 1.82) is 0 Å². The molecule has 0 fully saturated rings. The van der Waals surface area contributed by atoms with Crippen LogP contribution < -0.4 is 4.72 Å². The van der Waals surface area contributed by atoms with Crippen LogP contribution in [0.25, 0.3) is 0 Å². The molecule has 1 aromatic heterocycles. The van der Waals surface area contributed by atoms with Gasteiger partial charge in [0.25, 0.3) is 0 Å². The van der Waals surface area contributed by atoms with Crippen molar-refractivity contribution in [1.82, 2.24) is 9.71 Å². The molecule has 0 aliphatic carbocycles. The van der Waals surface area contributed by atoms with E-state index >= 15 is 0 Å². The minimum absolute atomic E-state index is 0.0309. The van der Waals surface area contributed by atoms with E-state index in [-0.39, 0.29) is 23.1 Å². The molecule has 1 atom stereocenters. The van der Waals surface area contributed by atoms with Crippen LogP contribution in [-0.2, 0) is 16.4 Å². The summed E-state index contributed by atoms with van der Waals surface area (Å²) in [7, 11) is -3.30. The van der Waals surface area contributed by atoms with Crippen molar-refractivity contribution in [3.05, 3.63) is 30.1 Å². The summed E-state index contributed by atoms with van der Waals surface area (Å²) >= 11 is 6.15. The first kappa shape index (κ1) is 17.4. The van der Waals surface area contributed by atoms with Crippen LogP contribution in [-0.4, -0.2) is 31.1 Å². The van der Waals surface area contributed by atoms with Crippen LogP contribution in [0.1, 0.15) is 32.9 Å². The third-order valence-electron chi connectivity index (χ3n) is 2.71. The van der Waals surface area contributed by atoms with Gasteiger partial charge in [-0.05, 0) is 24.0 Å². The molecule has 0 aliphatic rings. The Balaban J connectivity index is 2.38. The molecule has 1 N–H and O–H groups in total. The molecular formula is C14H23ClN2O2S. The van der Waals surface area contributed by atoms with Gasteiger partial charge in [-0.2, -0.15) is 0 Å². The maximum absolute atomic E-state index is 11.9. The quantitative estimate of drug-likeness (QED) is 0.786. The molecule has 1 unspecified atom stereocenters. The first-order valence-corrected chi connectivity index (χ1v) is 8.78. The smallest absolute Gasteiger partial charge is 0.212 e. The number of alkyl halides is 1. The van der Waals surface area contributed by atoms with Gasteiger partial charge in [-0.15, -0.1) is 11.6 Å². The molecule has 1 aromatic rings. The zero-order chi connectivity index (χ0) is 15.2. The Labute approximate surface area is 127 Å². The molecule has 1 rings (SSSR count). The fraction of sp³-hybridized carbons (Fsp3) is 0.643. The van der Waals surface area contributed by atoms with Crippen LogP contribution in [0.2, 0.25) is 0 Å². The van der Waals surface area contributed by atoms with Crippen molar-refractivity contribution in [3.8, 4) is 0 Å². The summed E-state index contributed by atoms with van der Waals surface area (Å²) in [5.41, 5.74) is 0.862. The van der Waals surface area contributed by atoms with Gasteiger partial charge in [-0.3, -0.25) is 4.98 Å². The van der Waals surface area contributed by atoms with E-state index in [1.165, 1.54) is 0 Å². The number of hydrogen-bond donors (Lipinski definition) is 1. The average molecular weight is 319 g/mol. The predicted octanol–water partition coefficient (Wildman–Crippen LogP) is 2.59. The molecule has 0 aliphatic heterocycles. The van der Waals surface area contributed by atoms with Crippen molar-refractivity contribution in [2.45, 2.75) is 39.0 Å². The van der Waals surface area contributed by atoms with E-state index in [2.05, 4.69) is 30.5 Å². The first-order chi connectivity index (χ1) is 9.18. The van der Waals surface area contributed by atoms with E-state index in [9.17, 15) is 8.42 Å². The van der Waals surface area contributed by atoms with E-state index in [1.807, 2.05) is 12.1 Å². The summed E-state index contributed by atoms with van der Waals surface area (Å²) in [6.45, 7) is 6.51. The van der Waals surface area contributed by atoms with Gasteiger partial charge in [0.05, 0.1) is 5.75 Å². The van der Waals surface area contributed by atoms with E-state index in [1.54, 1.807) is 12.3 Å². The van der Waals surface area contributed by atoms with E-state index in [0.717, 1.165) is 12.1 Å². The van der Waals surface area contributed by atoms with Gasteiger partial charge < -0.3 is 0 Å². The number of aromatic nitrogens is 1. The summed E-state index contributed by atoms with van der Waals surface area (Å²) in [5, 5.41) is -0.195. The molecule has 0 bridgehead atoms. The standard InChI is InChI=1S/C14H23ClN2O2S/c1-14(2,3)10-12(15)11-17-20(18,19)9-7-13-6-4-5-8-16-13/h4-6,8,12,17H,7,9-11H2,1-3H3. The number of nitrogens with one attached hydrogen (secondary N) is 1. The Morgan fingerprint density at radius 2 is 2.05 bits per heavy atom. The minimum Gasteiger partial charge on any atom is -0.261 e. The van der Waals surface area contributed by atoms with Gasteiger partial charge in [-0.1, -0.05) is 26.8 Å². The number of nitrogens with zero attached hydrogens (tertiary/aromatic N) is 1. The van der Waals surface area contributed by atoms with Crippen LogP contribution in [0.5, 0.6) is 0 Å². The molecule has 0 saturated heterocycles. The Morgan fingerprint density at radius 3 is 2.60 bits per heavy atom. The van der Waals surface area contributed by atoms with E-state index in [4.69, 9.17) is 11.6 Å². The van der Waals surface area contributed by atoms with Crippen LogP contribution in [0.3, 0.4) is 0 Å². The van der Waals surface area contributed by atoms with Crippen molar-refractivity contribution >= 4 is 21.6 Å². The lowest BCUT2D eigenvalue weighted by Gasteiger charge is -2.21. The monoisotopic (exact) mass is 318 g/mol. The second kappa shape index (κ2) is 7.38. The van der Waals surface area contributed by atoms with Crippen molar-refractivity contribution in [3.63, 3.8) is 0 Å². The van der Waals surface area contributed by atoms with Gasteiger partial charge in [0.1, 0.15) is 0 Å². The third-order valence-corrected chi connectivity index (χ3v) is 4.37. The van der Waals surface area contributed by atoms with E-state index < -0.39 is 10.0 Å². The number of rotatable bonds is 7. The molecule has 0 spiro atoms. The Bertz CT molecular complexity index is 498.